The predicted octanol–water partition coefficient (Wildman–Crippen LogP) is 2.63. The van der Waals surface area contributed by atoms with Crippen molar-refractivity contribution in [1.82, 2.24) is 4.98 Å². The van der Waals surface area contributed by atoms with E-state index >= 15 is 0 Å². The van der Waals surface area contributed by atoms with Crippen LogP contribution in [-0.2, 0) is 10.2 Å². The number of halogens is 4. The summed E-state index contributed by atoms with van der Waals surface area (Å²) in [7, 11) is 0. The minimum absolute atomic E-state index is 0.0789. The molecule has 27 heavy (non-hydrogen) atoms. The van der Waals surface area contributed by atoms with Crippen LogP contribution in [0.1, 0.15) is 24.1 Å². The van der Waals surface area contributed by atoms with Gasteiger partial charge in [-0.15, -0.1) is 0 Å². The molecule has 0 saturated heterocycles. The molecule has 1 aromatic heterocycles. The van der Waals surface area contributed by atoms with E-state index in [1.165, 1.54) is 25.1 Å². The molecule has 3 rings (SSSR count). The van der Waals surface area contributed by atoms with E-state index < -0.39 is 35.8 Å². The number of amides is 1. The van der Waals surface area contributed by atoms with Crippen molar-refractivity contribution < 1.29 is 27.1 Å². The second-order valence-electron chi connectivity index (χ2n) is 6.59. The Morgan fingerprint density at radius 2 is 1.96 bits per heavy atom. The molecule has 0 fully saturated rings. The van der Waals surface area contributed by atoms with Crippen molar-refractivity contribution in [3.63, 3.8) is 0 Å². The third-order valence-corrected chi connectivity index (χ3v) is 4.74. The topological polar surface area (TPSA) is 91.2 Å². The van der Waals surface area contributed by atoms with E-state index in [1.54, 1.807) is 0 Å². The standard InChI is InChI=1S/C18H17F4N3O2/c1-17(16(24)26)8-27-15-11(17)6-13(12(7-23)18(20,21)22)25-14(15)9-2-4-10(19)5-3-9/h2-6,12H,7-8,23H2,1H3,(H2,24,26)/t12-,17+/m1/s1. The molecule has 4 N–H and O–H groups in total. The van der Waals surface area contributed by atoms with Gasteiger partial charge in [0.2, 0.25) is 5.91 Å². The monoisotopic (exact) mass is 383 g/mol. The third kappa shape index (κ3) is 3.23. The molecule has 0 saturated carbocycles. The van der Waals surface area contributed by atoms with E-state index in [1.807, 2.05) is 0 Å². The lowest BCUT2D eigenvalue weighted by molar-refractivity contribution is -0.148. The maximum atomic E-state index is 13.4. The van der Waals surface area contributed by atoms with Crippen molar-refractivity contribution in [2.24, 2.45) is 11.5 Å². The fourth-order valence-electron chi connectivity index (χ4n) is 3.01. The average Bonchev–Trinajstić information content (AvgIpc) is 2.93. The molecule has 2 aromatic rings. The smallest absolute Gasteiger partial charge is 0.398 e. The summed E-state index contributed by atoms with van der Waals surface area (Å²) in [4.78, 5) is 16.1. The molecule has 0 spiro atoms. The first-order chi connectivity index (χ1) is 12.6. The zero-order valence-electron chi connectivity index (χ0n) is 14.3. The lowest BCUT2D eigenvalue weighted by Crippen LogP contribution is -2.40. The molecule has 0 unspecified atom stereocenters. The van der Waals surface area contributed by atoms with Crippen LogP contribution in [-0.4, -0.2) is 30.2 Å². The lowest BCUT2D eigenvalue weighted by atomic mass is 9.82. The lowest BCUT2D eigenvalue weighted by Gasteiger charge is -2.22. The number of hydrogen-bond acceptors (Lipinski definition) is 4. The molecule has 0 radical (unpaired) electrons. The van der Waals surface area contributed by atoms with Gasteiger partial charge in [-0.2, -0.15) is 13.2 Å². The maximum absolute atomic E-state index is 13.4. The highest BCUT2D eigenvalue weighted by molar-refractivity contribution is 5.90. The molecule has 2 heterocycles. The first-order valence-electron chi connectivity index (χ1n) is 8.08. The van der Waals surface area contributed by atoms with Gasteiger partial charge in [0.25, 0.3) is 0 Å². The second-order valence-corrected chi connectivity index (χ2v) is 6.59. The summed E-state index contributed by atoms with van der Waals surface area (Å²) in [6.07, 6.45) is -4.63. The van der Waals surface area contributed by atoms with Gasteiger partial charge in [-0.1, -0.05) is 0 Å². The second kappa shape index (κ2) is 6.49. The molecule has 144 valence electrons. The van der Waals surface area contributed by atoms with Crippen molar-refractivity contribution in [3.05, 3.63) is 47.4 Å². The molecule has 2 atom stereocenters. The highest BCUT2D eigenvalue weighted by Gasteiger charge is 2.46. The number of alkyl halides is 3. The number of rotatable bonds is 4. The third-order valence-electron chi connectivity index (χ3n) is 4.74. The van der Waals surface area contributed by atoms with E-state index in [0.29, 0.717) is 5.56 Å². The van der Waals surface area contributed by atoms with Gasteiger partial charge in [0, 0.05) is 17.7 Å². The molecule has 1 amide bonds. The van der Waals surface area contributed by atoms with Crippen molar-refractivity contribution in [3.8, 4) is 17.0 Å². The Hall–Kier alpha value is -2.68. The number of primary amides is 1. The summed E-state index contributed by atoms with van der Waals surface area (Å²) in [5.74, 6) is -3.12. The number of carbonyl (C=O) groups is 1. The minimum atomic E-state index is -4.63. The van der Waals surface area contributed by atoms with Gasteiger partial charge in [-0.3, -0.25) is 4.79 Å². The van der Waals surface area contributed by atoms with Crippen molar-refractivity contribution in [1.29, 1.82) is 0 Å². The number of pyridine rings is 1. The number of benzene rings is 1. The highest BCUT2D eigenvalue weighted by Crippen LogP contribution is 2.46. The van der Waals surface area contributed by atoms with E-state index in [9.17, 15) is 22.4 Å². The average molecular weight is 383 g/mol. The molecule has 9 heteroatoms. The highest BCUT2D eigenvalue weighted by atomic mass is 19.4. The van der Waals surface area contributed by atoms with Crippen molar-refractivity contribution in [2.45, 2.75) is 24.4 Å². The summed E-state index contributed by atoms with van der Waals surface area (Å²) in [6.45, 7) is 0.646. The SMILES string of the molecule is C[C@]1(C(N)=O)COc2c1cc([C@@H](CN)C(F)(F)F)nc2-c1ccc(F)cc1. The molecule has 1 aromatic carbocycles. The van der Waals surface area contributed by atoms with Crippen molar-refractivity contribution >= 4 is 5.91 Å². The van der Waals surface area contributed by atoms with Gasteiger partial charge < -0.3 is 16.2 Å². The summed E-state index contributed by atoms with van der Waals surface area (Å²) < 4.78 is 59.0. The number of nitrogens with zero attached hydrogens (tertiary/aromatic N) is 1. The molecule has 1 aliphatic rings. The van der Waals surface area contributed by atoms with Crippen LogP contribution < -0.4 is 16.2 Å². The number of carbonyl (C=O) groups excluding carboxylic acids is 1. The quantitative estimate of drug-likeness (QED) is 0.794. The van der Waals surface area contributed by atoms with E-state index in [0.717, 1.165) is 12.1 Å². The van der Waals surface area contributed by atoms with Gasteiger partial charge in [0.1, 0.15) is 35.2 Å². The van der Waals surface area contributed by atoms with Gasteiger partial charge in [0.05, 0.1) is 5.69 Å². The Bertz CT molecular complexity index is 883. The van der Waals surface area contributed by atoms with E-state index in [4.69, 9.17) is 16.2 Å². The molecule has 0 bridgehead atoms. The molecule has 0 aliphatic carbocycles. The van der Waals surface area contributed by atoms with Gasteiger partial charge in [-0.25, -0.2) is 9.37 Å². The van der Waals surface area contributed by atoms with E-state index in [-0.39, 0.29) is 29.3 Å². The minimum Gasteiger partial charge on any atom is -0.489 e. The van der Waals surface area contributed by atoms with E-state index in [2.05, 4.69) is 4.98 Å². The van der Waals surface area contributed by atoms with Crippen molar-refractivity contribution in [2.75, 3.05) is 13.2 Å². The Morgan fingerprint density at radius 1 is 1.33 bits per heavy atom. The zero-order valence-corrected chi connectivity index (χ0v) is 14.3. The Labute approximate surface area is 152 Å². The first kappa shape index (κ1) is 19.1. The largest absolute Gasteiger partial charge is 0.489 e. The maximum Gasteiger partial charge on any atom is 0.398 e. The van der Waals surface area contributed by atoms with Gasteiger partial charge in [-0.05, 0) is 37.3 Å². The van der Waals surface area contributed by atoms with Crippen LogP contribution >= 0.6 is 0 Å². The summed E-state index contributed by atoms with van der Waals surface area (Å²) >= 11 is 0. The number of fused-ring (bicyclic) bond motifs is 1. The predicted molar refractivity (Wildman–Crippen MR) is 89.5 cm³/mol. The summed E-state index contributed by atoms with van der Waals surface area (Å²) in [5, 5.41) is 0. The number of aromatic nitrogens is 1. The van der Waals surface area contributed by atoms with Gasteiger partial charge in [0.15, 0.2) is 0 Å². The van der Waals surface area contributed by atoms with Gasteiger partial charge >= 0.3 is 6.18 Å². The normalized spacial score (nSPS) is 20.1. The van der Waals surface area contributed by atoms with Crippen LogP contribution in [0.4, 0.5) is 17.6 Å². The van der Waals surface area contributed by atoms with Crippen LogP contribution in [0.2, 0.25) is 0 Å². The molecule has 5 nitrogen and oxygen atoms in total. The summed E-state index contributed by atoms with van der Waals surface area (Å²) in [6, 6.07) is 6.22. The first-order valence-corrected chi connectivity index (χ1v) is 8.08. The fraction of sp³-hybridized carbons (Fsp3) is 0.333. The van der Waals surface area contributed by atoms with Crippen LogP contribution in [0, 0.1) is 5.82 Å². The Kier molecular flexibility index (Phi) is 4.59. The molecular formula is C18H17F4N3O2. The summed E-state index contributed by atoms with van der Waals surface area (Å²) in [5.41, 5.74) is 9.78. The number of hydrogen-bond donors (Lipinski definition) is 2. The molecule has 1 aliphatic heterocycles. The van der Waals surface area contributed by atoms with Crippen LogP contribution in [0.5, 0.6) is 5.75 Å². The van der Waals surface area contributed by atoms with Crippen LogP contribution in [0.25, 0.3) is 11.3 Å². The number of nitrogens with two attached hydrogens (primary N) is 2. The fourth-order valence-corrected chi connectivity index (χ4v) is 3.01. The zero-order chi connectivity index (χ0) is 20.0. The van der Waals surface area contributed by atoms with Crippen LogP contribution in [0.3, 0.4) is 0 Å². The Morgan fingerprint density at radius 3 is 2.48 bits per heavy atom. The van der Waals surface area contributed by atoms with Crippen LogP contribution in [0.15, 0.2) is 30.3 Å². The number of ether oxygens (including phenoxy) is 1. The molecular weight excluding hydrogens is 366 g/mol. The Balaban J connectivity index is 2.28.